The molecule has 1 aromatic rings. The van der Waals surface area contributed by atoms with Gasteiger partial charge >= 0.3 is 0 Å². The van der Waals surface area contributed by atoms with Crippen molar-refractivity contribution in [1.82, 2.24) is 4.90 Å². The fraction of sp³-hybridized carbons (Fsp3) is 0.444. The number of hydrogen-bond donors (Lipinski definition) is 1. The van der Waals surface area contributed by atoms with Crippen LogP contribution in [-0.2, 0) is 11.3 Å². The van der Waals surface area contributed by atoms with Gasteiger partial charge in [-0.05, 0) is 39.9 Å². The average molecular weight is 314 g/mol. The van der Waals surface area contributed by atoms with Crippen LogP contribution in [0.5, 0.6) is 0 Å². The van der Waals surface area contributed by atoms with Crippen LogP contribution in [-0.4, -0.2) is 23.9 Å². The summed E-state index contributed by atoms with van der Waals surface area (Å²) in [5, 5.41) is 2.02. The van der Waals surface area contributed by atoms with Crippen molar-refractivity contribution >= 4 is 45.6 Å². The van der Waals surface area contributed by atoms with E-state index >= 15 is 0 Å². The molecule has 15 heavy (non-hydrogen) atoms. The number of amides is 1. The summed E-state index contributed by atoms with van der Waals surface area (Å²) in [4.78, 5) is 13.1. The molecule has 1 amide bonds. The third kappa shape index (κ3) is 4.51. The molecule has 1 aromatic heterocycles. The molecule has 0 unspecified atom stereocenters. The summed E-state index contributed by atoms with van der Waals surface area (Å²) in [6, 6.07) is 1.58. The Morgan fingerprint density at radius 2 is 2.33 bits per heavy atom. The van der Waals surface area contributed by atoms with Crippen molar-refractivity contribution in [1.29, 1.82) is 0 Å². The smallest absolute Gasteiger partial charge is 0.239 e. The van der Waals surface area contributed by atoms with Gasteiger partial charge in [0.15, 0.2) is 0 Å². The van der Waals surface area contributed by atoms with E-state index in [9.17, 15) is 4.79 Å². The standard InChI is InChI=1S/C9H13BrN2OS.ClH/c1-6(11)9(13)12(2)4-7-3-8(10)14-5-7;/h3,5-6H,4,11H2,1-2H3;1H/t6-;/m1./s1. The van der Waals surface area contributed by atoms with Gasteiger partial charge in [0.1, 0.15) is 0 Å². The van der Waals surface area contributed by atoms with Crippen molar-refractivity contribution in [2.24, 2.45) is 5.73 Å². The quantitative estimate of drug-likeness (QED) is 0.930. The Labute approximate surface area is 108 Å². The number of nitrogens with two attached hydrogens (primary N) is 1. The highest BCUT2D eigenvalue weighted by Crippen LogP contribution is 2.21. The predicted octanol–water partition coefficient (Wildman–Crippen LogP) is 2.24. The zero-order chi connectivity index (χ0) is 10.7. The number of likely N-dealkylation sites (N-methyl/N-ethyl adjacent to an activating group) is 1. The molecule has 6 heteroatoms. The Bertz CT molecular complexity index is 330. The van der Waals surface area contributed by atoms with E-state index in [1.807, 2.05) is 11.4 Å². The van der Waals surface area contributed by atoms with E-state index in [1.165, 1.54) is 0 Å². The maximum Gasteiger partial charge on any atom is 0.239 e. The first-order valence-electron chi connectivity index (χ1n) is 4.24. The molecule has 3 nitrogen and oxygen atoms in total. The fourth-order valence-electron chi connectivity index (χ4n) is 1.13. The van der Waals surface area contributed by atoms with E-state index in [0.717, 1.165) is 9.35 Å². The molecule has 1 heterocycles. The average Bonchev–Trinajstić information content (AvgIpc) is 2.49. The first-order valence-corrected chi connectivity index (χ1v) is 5.91. The molecule has 0 fully saturated rings. The molecule has 86 valence electrons. The zero-order valence-electron chi connectivity index (χ0n) is 8.57. The fourth-order valence-corrected chi connectivity index (χ4v) is 2.33. The van der Waals surface area contributed by atoms with E-state index in [4.69, 9.17) is 5.73 Å². The lowest BCUT2D eigenvalue weighted by Crippen LogP contribution is -2.39. The number of hydrogen-bond acceptors (Lipinski definition) is 3. The number of carbonyl (C=O) groups is 1. The second-order valence-electron chi connectivity index (χ2n) is 3.24. The van der Waals surface area contributed by atoms with Crippen LogP contribution in [0.4, 0.5) is 0 Å². The second-order valence-corrected chi connectivity index (χ2v) is 5.53. The Kier molecular flexibility index (Phi) is 6.43. The van der Waals surface area contributed by atoms with Crippen molar-refractivity contribution in [2.45, 2.75) is 19.5 Å². The van der Waals surface area contributed by atoms with Gasteiger partial charge in [-0.15, -0.1) is 23.7 Å². The van der Waals surface area contributed by atoms with Crippen LogP contribution >= 0.6 is 39.7 Å². The summed E-state index contributed by atoms with van der Waals surface area (Å²) >= 11 is 4.99. The SMILES string of the molecule is C[C@@H](N)C(=O)N(C)Cc1csc(Br)c1.Cl. The number of rotatable bonds is 3. The summed E-state index contributed by atoms with van der Waals surface area (Å²) in [5.41, 5.74) is 6.62. The van der Waals surface area contributed by atoms with Crippen LogP contribution in [0.15, 0.2) is 15.2 Å². The highest BCUT2D eigenvalue weighted by Gasteiger charge is 2.13. The van der Waals surface area contributed by atoms with Crippen molar-refractivity contribution in [3.63, 3.8) is 0 Å². The number of nitrogens with zero attached hydrogens (tertiary/aromatic N) is 1. The molecule has 1 rings (SSSR count). The molecule has 0 aliphatic rings. The van der Waals surface area contributed by atoms with Gasteiger partial charge in [0, 0.05) is 13.6 Å². The van der Waals surface area contributed by atoms with Crippen LogP contribution in [0.1, 0.15) is 12.5 Å². The van der Waals surface area contributed by atoms with Gasteiger partial charge in [-0.25, -0.2) is 0 Å². The summed E-state index contributed by atoms with van der Waals surface area (Å²) in [7, 11) is 1.76. The van der Waals surface area contributed by atoms with Crippen molar-refractivity contribution in [2.75, 3.05) is 7.05 Å². The molecule has 0 aromatic carbocycles. The molecule has 0 bridgehead atoms. The van der Waals surface area contributed by atoms with Gasteiger partial charge in [0.05, 0.1) is 9.83 Å². The minimum Gasteiger partial charge on any atom is -0.340 e. The van der Waals surface area contributed by atoms with Crippen molar-refractivity contribution in [3.8, 4) is 0 Å². The van der Waals surface area contributed by atoms with Gasteiger partial charge < -0.3 is 10.6 Å². The lowest BCUT2D eigenvalue weighted by molar-refractivity contribution is -0.131. The Hall–Kier alpha value is -0.100. The largest absolute Gasteiger partial charge is 0.340 e. The molecule has 0 saturated heterocycles. The number of carbonyl (C=O) groups excluding carboxylic acids is 1. The molecule has 0 aliphatic heterocycles. The van der Waals surface area contributed by atoms with Crippen LogP contribution in [0.3, 0.4) is 0 Å². The van der Waals surface area contributed by atoms with Crippen LogP contribution < -0.4 is 5.73 Å². The first kappa shape index (κ1) is 14.9. The lowest BCUT2D eigenvalue weighted by Gasteiger charge is -2.18. The monoisotopic (exact) mass is 312 g/mol. The van der Waals surface area contributed by atoms with Crippen LogP contribution in [0.2, 0.25) is 0 Å². The van der Waals surface area contributed by atoms with Crippen LogP contribution in [0, 0.1) is 0 Å². The highest BCUT2D eigenvalue weighted by molar-refractivity contribution is 9.11. The zero-order valence-corrected chi connectivity index (χ0v) is 11.8. The molecule has 1 atom stereocenters. The highest BCUT2D eigenvalue weighted by atomic mass is 79.9. The lowest BCUT2D eigenvalue weighted by atomic mass is 10.2. The molecule has 0 aliphatic carbocycles. The second kappa shape index (κ2) is 6.48. The normalized spacial score (nSPS) is 11.7. The van der Waals surface area contributed by atoms with E-state index in [0.29, 0.717) is 6.54 Å². The maximum atomic E-state index is 11.4. The Balaban J connectivity index is 0.00000196. The van der Waals surface area contributed by atoms with Gasteiger partial charge in [-0.3, -0.25) is 4.79 Å². The summed E-state index contributed by atoms with van der Waals surface area (Å²) in [6.07, 6.45) is 0. The van der Waals surface area contributed by atoms with Gasteiger partial charge in [-0.2, -0.15) is 0 Å². The van der Waals surface area contributed by atoms with E-state index < -0.39 is 6.04 Å². The number of halogens is 2. The summed E-state index contributed by atoms with van der Waals surface area (Å²) in [5.74, 6) is -0.0349. The predicted molar refractivity (Wildman–Crippen MR) is 69.4 cm³/mol. The molecular formula is C9H14BrClN2OS. The minimum atomic E-state index is -0.429. The minimum absolute atomic E-state index is 0. The Morgan fingerprint density at radius 3 is 2.73 bits per heavy atom. The third-order valence-electron chi connectivity index (χ3n) is 1.81. The van der Waals surface area contributed by atoms with Gasteiger partial charge in [0.25, 0.3) is 0 Å². The first-order chi connectivity index (χ1) is 6.50. The molecular weight excluding hydrogens is 300 g/mol. The third-order valence-corrected chi connectivity index (χ3v) is 3.36. The molecule has 0 radical (unpaired) electrons. The maximum absolute atomic E-state index is 11.4. The summed E-state index contributed by atoms with van der Waals surface area (Å²) < 4.78 is 1.08. The topological polar surface area (TPSA) is 46.3 Å². The molecule has 0 saturated carbocycles. The van der Waals surface area contributed by atoms with E-state index in [-0.39, 0.29) is 18.3 Å². The van der Waals surface area contributed by atoms with Gasteiger partial charge in [0.2, 0.25) is 5.91 Å². The summed E-state index contributed by atoms with van der Waals surface area (Å²) in [6.45, 7) is 2.31. The van der Waals surface area contributed by atoms with Crippen LogP contribution in [0.25, 0.3) is 0 Å². The Morgan fingerprint density at radius 1 is 1.73 bits per heavy atom. The van der Waals surface area contributed by atoms with Crippen molar-refractivity contribution < 1.29 is 4.79 Å². The van der Waals surface area contributed by atoms with E-state index in [1.54, 1.807) is 30.2 Å². The molecule has 0 spiro atoms. The van der Waals surface area contributed by atoms with Gasteiger partial charge in [-0.1, -0.05) is 0 Å². The van der Waals surface area contributed by atoms with Crippen molar-refractivity contribution in [3.05, 3.63) is 20.8 Å². The number of thiophene rings is 1. The van der Waals surface area contributed by atoms with E-state index in [2.05, 4.69) is 15.9 Å². The molecule has 2 N–H and O–H groups in total.